The van der Waals surface area contributed by atoms with Gasteiger partial charge in [-0.3, -0.25) is 9.78 Å². The molecule has 0 atom stereocenters. The number of hydrogen-bond donors (Lipinski definition) is 1. The number of aryl methyl sites for hydroxylation is 1. The molecule has 0 aliphatic carbocycles. The van der Waals surface area contributed by atoms with E-state index in [0.29, 0.717) is 17.9 Å². The first-order chi connectivity index (χ1) is 12.7. The smallest absolute Gasteiger partial charge is 0.254 e. The average Bonchev–Trinajstić information content (AvgIpc) is 3.11. The first-order valence-electron chi connectivity index (χ1n) is 8.14. The van der Waals surface area contributed by atoms with Gasteiger partial charge in [-0.05, 0) is 30.7 Å². The Morgan fingerprint density at radius 3 is 2.69 bits per heavy atom. The van der Waals surface area contributed by atoms with Crippen molar-refractivity contribution in [3.8, 4) is 11.4 Å². The van der Waals surface area contributed by atoms with Crippen LogP contribution in [-0.4, -0.2) is 30.2 Å². The molecule has 4 heterocycles. The lowest BCUT2D eigenvalue weighted by molar-refractivity contribution is 0.0949. The third-order valence-electron chi connectivity index (χ3n) is 4.07. The number of nitrogens with zero attached hydrogens (tertiary/aromatic N) is 5. The Balaban J connectivity index is 1.47. The number of carbonyl (C=O) groups is 1. The SMILES string of the molecule is Cc1cccn2c(CNC(=O)c3cnc(-c4cccnc4)nc3)cnc12. The van der Waals surface area contributed by atoms with Crippen LogP contribution in [0.5, 0.6) is 0 Å². The van der Waals surface area contributed by atoms with E-state index >= 15 is 0 Å². The molecule has 1 N–H and O–H groups in total. The Labute approximate surface area is 149 Å². The van der Waals surface area contributed by atoms with E-state index in [1.807, 2.05) is 41.8 Å². The van der Waals surface area contributed by atoms with Gasteiger partial charge < -0.3 is 9.72 Å². The predicted octanol–water partition coefficient (Wildman–Crippen LogP) is 2.42. The zero-order valence-corrected chi connectivity index (χ0v) is 14.1. The number of pyridine rings is 2. The van der Waals surface area contributed by atoms with Gasteiger partial charge in [0, 0.05) is 36.5 Å². The van der Waals surface area contributed by atoms with Crippen LogP contribution < -0.4 is 5.32 Å². The second kappa shape index (κ2) is 6.72. The molecule has 0 saturated carbocycles. The number of amides is 1. The predicted molar refractivity (Wildman–Crippen MR) is 96.4 cm³/mol. The van der Waals surface area contributed by atoms with Gasteiger partial charge in [-0.2, -0.15) is 0 Å². The van der Waals surface area contributed by atoms with E-state index in [9.17, 15) is 4.79 Å². The zero-order chi connectivity index (χ0) is 17.9. The summed E-state index contributed by atoms with van der Waals surface area (Å²) in [5.74, 6) is 0.303. The maximum absolute atomic E-state index is 12.4. The van der Waals surface area contributed by atoms with Crippen molar-refractivity contribution in [1.29, 1.82) is 0 Å². The van der Waals surface area contributed by atoms with Crippen molar-refractivity contribution in [1.82, 2.24) is 29.7 Å². The fourth-order valence-electron chi connectivity index (χ4n) is 2.70. The lowest BCUT2D eigenvalue weighted by Gasteiger charge is -2.06. The Hall–Kier alpha value is -3.61. The number of carbonyl (C=O) groups excluding carboxylic acids is 1. The van der Waals surface area contributed by atoms with E-state index in [-0.39, 0.29) is 5.91 Å². The molecule has 0 aliphatic heterocycles. The van der Waals surface area contributed by atoms with Crippen LogP contribution in [0.3, 0.4) is 0 Å². The lowest BCUT2D eigenvalue weighted by Crippen LogP contribution is -2.23. The monoisotopic (exact) mass is 344 g/mol. The van der Waals surface area contributed by atoms with Gasteiger partial charge in [-0.1, -0.05) is 6.07 Å². The van der Waals surface area contributed by atoms with Crippen molar-refractivity contribution in [3.63, 3.8) is 0 Å². The molecular formula is C19H16N6O. The molecule has 0 unspecified atom stereocenters. The lowest BCUT2D eigenvalue weighted by atomic mass is 10.2. The highest BCUT2D eigenvalue weighted by molar-refractivity contribution is 5.93. The molecule has 4 aromatic rings. The first kappa shape index (κ1) is 15.9. The Bertz CT molecular complexity index is 1060. The van der Waals surface area contributed by atoms with Gasteiger partial charge in [0.05, 0.1) is 24.0 Å². The third-order valence-corrected chi connectivity index (χ3v) is 4.07. The van der Waals surface area contributed by atoms with Gasteiger partial charge in [0.2, 0.25) is 0 Å². The van der Waals surface area contributed by atoms with Crippen molar-refractivity contribution in [2.24, 2.45) is 0 Å². The van der Waals surface area contributed by atoms with E-state index < -0.39 is 0 Å². The molecule has 0 radical (unpaired) electrons. The van der Waals surface area contributed by atoms with Crippen LogP contribution in [0.4, 0.5) is 0 Å². The Morgan fingerprint density at radius 1 is 1.08 bits per heavy atom. The number of rotatable bonds is 4. The molecular weight excluding hydrogens is 328 g/mol. The Morgan fingerprint density at radius 2 is 1.92 bits per heavy atom. The van der Waals surface area contributed by atoms with Crippen molar-refractivity contribution in [2.75, 3.05) is 0 Å². The maximum Gasteiger partial charge on any atom is 0.254 e. The largest absolute Gasteiger partial charge is 0.346 e. The summed E-state index contributed by atoms with van der Waals surface area (Å²) in [6.07, 6.45) is 10.1. The summed E-state index contributed by atoms with van der Waals surface area (Å²) >= 11 is 0. The molecule has 0 aliphatic rings. The van der Waals surface area contributed by atoms with Gasteiger partial charge in [0.15, 0.2) is 5.82 Å². The highest BCUT2D eigenvalue weighted by Gasteiger charge is 2.10. The van der Waals surface area contributed by atoms with E-state index in [1.165, 1.54) is 12.4 Å². The first-order valence-corrected chi connectivity index (χ1v) is 8.14. The topological polar surface area (TPSA) is 85.1 Å². The molecule has 26 heavy (non-hydrogen) atoms. The van der Waals surface area contributed by atoms with Crippen LogP contribution in [0.2, 0.25) is 0 Å². The van der Waals surface area contributed by atoms with Gasteiger partial charge in [0.1, 0.15) is 5.65 Å². The van der Waals surface area contributed by atoms with Crippen LogP contribution in [-0.2, 0) is 6.54 Å². The minimum absolute atomic E-state index is 0.231. The van der Waals surface area contributed by atoms with Crippen molar-refractivity contribution < 1.29 is 4.79 Å². The summed E-state index contributed by atoms with van der Waals surface area (Å²) < 4.78 is 1.97. The van der Waals surface area contributed by atoms with Crippen LogP contribution in [0.1, 0.15) is 21.6 Å². The summed E-state index contributed by atoms with van der Waals surface area (Å²) in [4.78, 5) is 29.3. The zero-order valence-electron chi connectivity index (χ0n) is 14.1. The molecule has 4 aromatic heterocycles. The molecule has 0 spiro atoms. The maximum atomic E-state index is 12.4. The molecule has 7 nitrogen and oxygen atoms in total. The molecule has 0 fully saturated rings. The minimum Gasteiger partial charge on any atom is -0.346 e. The van der Waals surface area contributed by atoms with E-state index in [1.54, 1.807) is 18.6 Å². The molecule has 0 bridgehead atoms. The second-order valence-corrected chi connectivity index (χ2v) is 5.85. The minimum atomic E-state index is -0.231. The van der Waals surface area contributed by atoms with E-state index in [4.69, 9.17) is 0 Å². The third kappa shape index (κ3) is 3.02. The van der Waals surface area contributed by atoms with Gasteiger partial charge in [-0.15, -0.1) is 0 Å². The normalized spacial score (nSPS) is 10.8. The van der Waals surface area contributed by atoms with Crippen molar-refractivity contribution in [2.45, 2.75) is 13.5 Å². The number of aromatic nitrogens is 5. The van der Waals surface area contributed by atoms with E-state index in [0.717, 1.165) is 22.5 Å². The summed E-state index contributed by atoms with van der Waals surface area (Å²) in [6.45, 7) is 2.37. The summed E-state index contributed by atoms with van der Waals surface area (Å²) in [5, 5.41) is 2.88. The fourth-order valence-corrected chi connectivity index (χ4v) is 2.70. The quantitative estimate of drug-likeness (QED) is 0.614. The molecule has 4 rings (SSSR count). The number of fused-ring (bicyclic) bond motifs is 1. The second-order valence-electron chi connectivity index (χ2n) is 5.85. The van der Waals surface area contributed by atoms with Crippen molar-refractivity contribution >= 4 is 11.6 Å². The number of nitrogens with one attached hydrogen (secondary N) is 1. The van der Waals surface area contributed by atoms with Crippen LogP contribution in [0.25, 0.3) is 17.0 Å². The standard InChI is InChI=1S/C19H16N6O/c1-13-4-3-7-25-16(11-23-18(13)25)12-24-19(26)15-9-21-17(22-10-15)14-5-2-6-20-8-14/h2-11H,12H2,1H3,(H,24,26). The Kier molecular flexibility index (Phi) is 4.10. The molecule has 1 amide bonds. The van der Waals surface area contributed by atoms with Crippen LogP contribution >= 0.6 is 0 Å². The molecule has 128 valence electrons. The van der Waals surface area contributed by atoms with Gasteiger partial charge in [0.25, 0.3) is 5.91 Å². The van der Waals surface area contributed by atoms with Crippen LogP contribution in [0.15, 0.2) is 61.4 Å². The highest BCUT2D eigenvalue weighted by Crippen LogP contribution is 2.13. The number of hydrogen-bond acceptors (Lipinski definition) is 5. The summed E-state index contributed by atoms with van der Waals surface area (Å²) in [7, 11) is 0. The molecule has 0 saturated heterocycles. The fraction of sp³-hybridized carbons (Fsp3) is 0.105. The van der Waals surface area contributed by atoms with Crippen molar-refractivity contribution in [3.05, 3.63) is 78.3 Å². The van der Waals surface area contributed by atoms with E-state index in [2.05, 4.69) is 25.3 Å². The molecule has 7 heteroatoms. The average molecular weight is 344 g/mol. The van der Waals surface area contributed by atoms with Crippen LogP contribution in [0, 0.1) is 6.92 Å². The molecule has 0 aromatic carbocycles. The van der Waals surface area contributed by atoms with Gasteiger partial charge in [-0.25, -0.2) is 15.0 Å². The van der Waals surface area contributed by atoms with Gasteiger partial charge >= 0.3 is 0 Å². The highest BCUT2D eigenvalue weighted by atomic mass is 16.1. The summed E-state index contributed by atoms with van der Waals surface area (Å²) in [6, 6.07) is 7.65. The summed E-state index contributed by atoms with van der Waals surface area (Å²) in [5.41, 5.74) is 4.10. The number of imidazole rings is 1.